The van der Waals surface area contributed by atoms with Gasteiger partial charge in [-0.3, -0.25) is 9.69 Å². The van der Waals surface area contributed by atoms with E-state index in [1.54, 1.807) is 7.11 Å². The van der Waals surface area contributed by atoms with Gasteiger partial charge in [0.1, 0.15) is 6.61 Å². The highest BCUT2D eigenvalue weighted by Gasteiger charge is 2.41. The van der Waals surface area contributed by atoms with Crippen molar-refractivity contribution >= 4 is 5.91 Å². The SMILES string of the molecule is COCc1ncc(CN2C[C@H]3CC[C@@H](C2)N(CC2CCC2)C3=O)cn1. The minimum absolute atomic E-state index is 0.174. The zero-order valence-corrected chi connectivity index (χ0v) is 15.1. The van der Waals surface area contributed by atoms with Gasteiger partial charge >= 0.3 is 0 Å². The average molecular weight is 344 g/mol. The van der Waals surface area contributed by atoms with Crippen LogP contribution in [0.15, 0.2) is 12.4 Å². The van der Waals surface area contributed by atoms with Gasteiger partial charge < -0.3 is 9.64 Å². The summed E-state index contributed by atoms with van der Waals surface area (Å²) < 4.78 is 5.06. The number of methoxy groups -OCH3 is 1. The maximum Gasteiger partial charge on any atom is 0.227 e. The summed E-state index contributed by atoms with van der Waals surface area (Å²) in [5.41, 5.74) is 1.11. The molecule has 0 N–H and O–H groups in total. The lowest BCUT2D eigenvalue weighted by Crippen LogP contribution is -2.50. The van der Waals surface area contributed by atoms with Crippen molar-refractivity contribution in [3.63, 3.8) is 0 Å². The maximum atomic E-state index is 12.9. The van der Waals surface area contributed by atoms with Crippen LogP contribution in [0.4, 0.5) is 0 Å². The number of aromatic nitrogens is 2. The number of carbonyl (C=O) groups is 1. The molecule has 0 radical (unpaired) electrons. The number of carbonyl (C=O) groups excluding carboxylic acids is 1. The molecule has 1 aliphatic carbocycles. The number of hydrogen-bond donors (Lipinski definition) is 0. The Morgan fingerprint density at radius 1 is 1.16 bits per heavy atom. The molecule has 5 rings (SSSR count). The van der Waals surface area contributed by atoms with Crippen molar-refractivity contribution in [1.29, 1.82) is 0 Å². The second-order valence-electron chi connectivity index (χ2n) is 7.85. The molecule has 4 aliphatic rings. The molecular weight excluding hydrogens is 316 g/mol. The molecule has 4 heterocycles. The van der Waals surface area contributed by atoms with E-state index in [1.807, 2.05) is 12.4 Å². The summed E-state index contributed by atoms with van der Waals surface area (Å²) >= 11 is 0. The monoisotopic (exact) mass is 344 g/mol. The largest absolute Gasteiger partial charge is 0.377 e. The van der Waals surface area contributed by atoms with Crippen molar-refractivity contribution in [3.05, 3.63) is 23.8 Å². The van der Waals surface area contributed by atoms with Gasteiger partial charge in [0.2, 0.25) is 5.91 Å². The van der Waals surface area contributed by atoms with Crippen molar-refractivity contribution in [2.75, 3.05) is 26.7 Å². The number of piperidine rings is 1. The van der Waals surface area contributed by atoms with E-state index in [0.717, 1.165) is 50.5 Å². The summed E-state index contributed by atoms with van der Waals surface area (Å²) in [6, 6.07) is 0.389. The molecule has 2 atom stereocenters. The third-order valence-electron chi connectivity index (χ3n) is 5.99. The Hall–Kier alpha value is -1.53. The van der Waals surface area contributed by atoms with E-state index in [4.69, 9.17) is 4.74 Å². The van der Waals surface area contributed by atoms with Crippen LogP contribution >= 0.6 is 0 Å². The van der Waals surface area contributed by atoms with Crippen LogP contribution in [-0.4, -0.2) is 58.5 Å². The van der Waals surface area contributed by atoms with Gasteiger partial charge in [0.05, 0.1) is 5.92 Å². The normalized spacial score (nSPS) is 27.4. The lowest BCUT2D eigenvalue weighted by molar-refractivity contribution is -0.141. The van der Waals surface area contributed by atoms with Gasteiger partial charge in [-0.05, 0) is 31.6 Å². The van der Waals surface area contributed by atoms with Crippen LogP contribution < -0.4 is 0 Å². The summed E-state index contributed by atoms with van der Waals surface area (Å²) in [6.07, 6.45) is 9.93. The molecule has 0 spiro atoms. The topological polar surface area (TPSA) is 58.6 Å². The van der Waals surface area contributed by atoms with Gasteiger partial charge in [-0.25, -0.2) is 9.97 Å². The lowest BCUT2D eigenvalue weighted by atomic mass is 9.83. The first kappa shape index (κ1) is 16.9. The van der Waals surface area contributed by atoms with Gasteiger partial charge in [-0.15, -0.1) is 0 Å². The van der Waals surface area contributed by atoms with Crippen LogP contribution in [0.5, 0.6) is 0 Å². The first-order valence-corrected chi connectivity index (χ1v) is 9.54. The van der Waals surface area contributed by atoms with E-state index in [9.17, 15) is 4.79 Å². The highest BCUT2D eigenvalue weighted by molar-refractivity contribution is 5.80. The van der Waals surface area contributed by atoms with E-state index in [-0.39, 0.29) is 5.92 Å². The van der Waals surface area contributed by atoms with Crippen LogP contribution in [0.25, 0.3) is 0 Å². The first-order chi connectivity index (χ1) is 12.2. The fourth-order valence-corrected chi connectivity index (χ4v) is 4.38. The van der Waals surface area contributed by atoms with Gasteiger partial charge in [0.15, 0.2) is 5.82 Å². The minimum Gasteiger partial charge on any atom is -0.377 e. The molecule has 3 aliphatic heterocycles. The first-order valence-electron chi connectivity index (χ1n) is 9.54. The number of fused-ring (bicyclic) bond motifs is 4. The Kier molecular flexibility index (Phi) is 4.99. The van der Waals surface area contributed by atoms with Crippen LogP contribution in [0.1, 0.15) is 43.5 Å². The molecule has 4 fully saturated rings. The Morgan fingerprint density at radius 2 is 1.96 bits per heavy atom. The van der Waals surface area contributed by atoms with Gasteiger partial charge in [0, 0.05) is 57.3 Å². The highest BCUT2D eigenvalue weighted by Crippen LogP contribution is 2.34. The second-order valence-corrected chi connectivity index (χ2v) is 7.85. The minimum atomic E-state index is 0.174. The van der Waals surface area contributed by atoms with Crippen molar-refractivity contribution in [1.82, 2.24) is 19.8 Å². The van der Waals surface area contributed by atoms with Crippen LogP contribution in [-0.2, 0) is 22.7 Å². The smallest absolute Gasteiger partial charge is 0.227 e. The molecule has 0 unspecified atom stereocenters. The molecule has 6 heteroatoms. The van der Waals surface area contributed by atoms with E-state index >= 15 is 0 Å². The molecule has 136 valence electrons. The number of hydrogen-bond acceptors (Lipinski definition) is 5. The van der Waals surface area contributed by atoms with Crippen LogP contribution in [0, 0.1) is 11.8 Å². The third kappa shape index (κ3) is 3.70. The fourth-order valence-electron chi connectivity index (χ4n) is 4.38. The van der Waals surface area contributed by atoms with Gasteiger partial charge in [-0.1, -0.05) is 6.42 Å². The van der Waals surface area contributed by atoms with E-state index in [0.29, 0.717) is 24.4 Å². The Balaban J connectivity index is 1.41. The van der Waals surface area contributed by atoms with Crippen LogP contribution in [0.2, 0.25) is 0 Å². The predicted octanol–water partition coefficient (Wildman–Crippen LogP) is 1.85. The number of nitrogens with zero attached hydrogens (tertiary/aromatic N) is 4. The summed E-state index contributed by atoms with van der Waals surface area (Å²) in [6.45, 7) is 4.11. The summed E-state index contributed by atoms with van der Waals surface area (Å²) in [5.74, 6) is 2.03. The third-order valence-corrected chi connectivity index (χ3v) is 5.99. The Labute approximate surface area is 149 Å². The molecule has 25 heavy (non-hydrogen) atoms. The van der Waals surface area contributed by atoms with E-state index in [1.165, 1.54) is 19.3 Å². The summed E-state index contributed by atoms with van der Waals surface area (Å²) in [4.78, 5) is 26.2. The zero-order chi connectivity index (χ0) is 17.2. The zero-order valence-electron chi connectivity index (χ0n) is 15.1. The molecule has 1 amide bonds. The number of ether oxygens (including phenoxy) is 1. The fraction of sp³-hybridized carbons (Fsp3) is 0.737. The Morgan fingerprint density at radius 3 is 2.64 bits per heavy atom. The molecule has 3 saturated heterocycles. The van der Waals surface area contributed by atoms with Gasteiger partial charge in [-0.2, -0.15) is 0 Å². The van der Waals surface area contributed by atoms with Crippen molar-refractivity contribution in [2.45, 2.75) is 51.3 Å². The lowest BCUT2D eigenvalue weighted by Gasteiger charge is -2.40. The molecule has 1 aromatic heterocycles. The second kappa shape index (κ2) is 7.38. The molecule has 2 bridgehead atoms. The van der Waals surface area contributed by atoms with Crippen LogP contribution in [0.3, 0.4) is 0 Å². The quantitative estimate of drug-likeness (QED) is 0.788. The van der Waals surface area contributed by atoms with E-state index < -0.39 is 0 Å². The number of amides is 1. The van der Waals surface area contributed by atoms with Crippen molar-refractivity contribution in [2.24, 2.45) is 11.8 Å². The average Bonchev–Trinajstić information content (AvgIpc) is 2.84. The highest BCUT2D eigenvalue weighted by atomic mass is 16.5. The van der Waals surface area contributed by atoms with E-state index in [2.05, 4.69) is 19.8 Å². The summed E-state index contributed by atoms with van der Waals surface area (Å²) in [5, 5.41) is 0. The van der Waals surface area contributed by atoms with Gasteiger partial charge in [0.25, 0.3) is 0 Å². The number of rotatable bonds is 6. The molecule has 6 nitrogen and oxygen atoms in total. The molecule has 1 saturated carbocycles. The molecule has 0 aromatic carbocycles. The Bertz CT molecular complexity index is 602. The van der Waals surface area contributed by atoms with Crippen molar-refractivity contribution < 1.29 is 9.53 Å². The maximum absolute atomic E-state index is 12.9. The molecule has 1 aromatic rings. The van der Waals surface area contributed by atoms with Crippen molar-refractivity contribution in [3.8, 4) is 0 Å². The molecular formula is C19H28N4O2. The summed E-state index contributed by atoms with van der Waals surface area (Å²) in [7, 11) is 1.65. The predicted molar refractivity (Wildman–Crippen MR) is 93.6 cm³/mol. The standard InChI is InChI=1S/C19H28N4O2/c1-25-13-18-20-7-15(8-21-18)9-22-11-16-5-6-17(12-22)23(19(16)24)10-14-3-2-4-14/h7-8,14,16-17H,2-6,9-13H2,1H3/t16-,17+/m1/s1.